The first-order valence-corrected chi connectivity index (χ1v) is 14.6. The van der Waals surface area contributed by atoms with Gasteiger partial charge in [-0.3, -0.25) is 9.69 Å². The second kappa shape index (κ2) is 12.4. The molecule has 2 amide bonds. The van der Waals surface area contributed by atoms with E-state index in [1.54, 1.807) is 18.0 Å². The summed E-state index contributed by atoms with van der Waals surface area (Å²) in [5.74, 6) is 3.02. The Morgan fingerprint density at radius 3 is 2.46 bits per heavy atom. The van der Waals surface area contributed by atoms with Crippen LogP contribution in [0.15, 0.2) is 18.3 Å². The van der Waals surface area contributed by atoms with Crippen LogP contribution in [-0.2, 0) is 9.53 Å². The molecule has 1 aromatic heterocycles. The highest BCUT2D eigenvalue weighted by molar-refractivity contribution is 7.99. The van der Waals surface area contributed by atoms with Crippen LogP contribution in [0.25, 0.3) is 0 Å². The molecular weight excluding hydrogens is 488 g/mol. The fourth-order valence-corrected chi connectivity index (χ4v) is 6.47. The third kappa shape index (κ3) is 7.74. The van der Waals surface area contributed by atoms with E-state index >= 15 is 0 Å². The number of nitrogens with zero attached hydrogens (tertiary/aromatic N) is 5. The molecule has 0 aromatic carbocycles. The van der Waals surface area contributed by atoms with E-state index in [0.717, 1.165) is 70.0 Å². The van der Waals surface area contributed by atoms with Gasteiger partial charge < -0.3 is 19.9 Å². The van der Waals surface area contributed by atoms with Crippen LogP contribution in [0.3, 0.4) is 0 Å². The molecule has 1 atom stereocenters. The van der Waals surface area contributed by atoms with E-state index in [1.807, 2.05) is 37.8 Å². The Morgan fingerprint density at radius 1 is 1.16 bits per heavy atom. The summed E-state index contributed by atoms with van der Waals surface area (Å²) < 4.78 is 5.46. The van der Waals surface area contributed by atoms with Gasteiger partial charge in [-0.25, -0.2) is 9.78 Å². The SMILES string of the molecule is CC(C)(C)OC(=O)N[C@@H](CC1CCC(N2CCN(c3ccc(C#N)cn3)CC2)CC1)C(=O)N1CCSC1. The molecule has 202 valence electrons. The predicted octanol–water partition coefficient (Wildman–Crippen LogP) is 3.45. The normalized spacial score (nSPS) is 23.8. The second-order valence-electron chi connectivity index (χ2n) is 11.3. The van der Waals surface area contributed by atoms with Crippen molar-refractivity contribution < 1.29 is 14.3 Å². The molecule has 1 N–H and O–H groups in total. The average Bonchev–Trinajstić information content (AvgIpc) is 3.43. The van der Waals surface area contributed by atoms with Gasteiger partial charge in [-0.1, -0.05) is 0 Å². The number of carbonyl (C=O) groups is 2. The van der Waals surface area contributed by atoms with Crippen LogP contribution in [0.5, 0.6) is 0 Å². The molecule has 9 nitrogen and oxygen atoms in total. The fourth-order valence-electron chi connectivity index (χ4n) is 5.51. The van der Waals surface area contributed by atoms with Crippen molar-refractivity contribution in [2.24, 2.45) is 5.92 Å². The van der Waals surface area contributed by atoms with E-state index in [1.165, 1.54) is 0 Å². The van der Waals surface area contributed by atoms with Crippen molar-refractivity contribution in [1.29, 1.82) is 5.26 Å². The summed E-state index contributed by atoms with van der Waals surface area (Å²) in [6.07, 6.45) is 6.17. The lowest BCUT2D eigenvalue weighted by molar-refractivity contribution is -0.132. The number of hydrogen-bond acceptors (Lipinski definition) is 8. The lowest BCUT2D eigenvalue weighted by Gasteiger charge is -2.42. The van der Waals surface area contributed by atoms with E-state index in [4.69, 9.17) is 10.00 Å². The standard InChI is InChI=1S/C27H40N6O3S/c1-27(2,3)36-26(35)30-23(25(34)33-14-15-37-19-33)16-20-4-7-22(8-5-20)31-10-12-32(13-11-31)24-9-6-21(17-28)18-29-24/h6,9,18,20,22-23H,4-5,7-8,10-16,19H2,1-3H3,(H,30,35)/t20?,22?,23-/m0/s1. The fraction of sp³-hybridized carbons (Fsp3) is 0.704. The highest BCUT2D eigenvalue weighted by Gasteiger charge is 2.34. The number of hydrogen-bond donors (Lipinski definition) is 1. The van der Waals surface area contributed by atoms with Crippen LogP contribution in [0, 0.1) is 17.2 Å². The first kappa shape index (κ1) is 27.5. The number of alkyl carbamates (subject to hydrolysis) is 1. The van der Waals surface area contributed by atoms with Crippen molar-refractivity contribution in [3.63, 3.8) is 0 Å². The van der Waals surface area contributed by atoms with Crippen molar-refractivity contribution >= 4 is 29.6 Å². The van der Waals surface area contributed by atoms with Crippen LogP contribution in [-0.4, -0.2) is 88.8 Å². The maximum Gasteiger partial charge on any atom is 0.408 e. The number of ether oxygens (including phenoxy) is 1. The van der Waals surface area contributed by atoms with Gasteiger partial charge in [-0.2, -0.15) is 5.26 Å². The Labute approximate surface area is 224 Å². The quantitative estimate of drug-likeness (QED) is 0.599. The van der Waals surface area contributed by atoms with E-state index in [9.17, 15) is 9.59 Å². The van der Waals surface area contributed by atoms with Gasteiger partial charge >= 0.3 is 6.09 Å². The largest absolute Gasteiger partial charge is 0.444 e. The molecule has 0 radical (unpaired) electrons. The van der Waals surface area contributed by atoms with E-state index in [0.29, 0.717) is 29.8 Å². The summed E-state index contributed by atoms with van der Waals surface area (Å²) in [6, 6.07) is 5.92. The van der Waals surface area contributed by atoms with Gasteiger partial charge in [0.25, 0.3) is 0 Å². The number of anilines is 1. The third-order valence-electron chi connectivity index (χ3n) is 7.47. The van der Waals surface area contributed by atoms with Crippen molar-refractivity contribution in [3.05, 3.63) is 23.9 Å². The number of piperazine rings is 1. The highest BCUT2D eigenvalue weighted by Crippen LogP contribution is 2.32. The maximum absolute atomic E-state index is 13.2. The molecule has 1 aliphatic carbocycles. The summed E-state index contributed by atoms with van der Waals surface area (Å²) in [4.78, 5) is 36.9. The molecule has 2 aliphatic heterocycles. The Kier molecular flexibility index (Phi) is 9.19. The zero-order chi connectivity index (χ0) is 26.4. The minimum absolute atomic E-state index is 0.0190. The lowest BCUT2D eigenvalue weighted by atomic mass is 9.81. The number of pyridine rings is 1. The first-order valence-electron chi connectivity index (χ1n) is 13.4. The highest BCUT2D eigenvalue weighted by atomic mass is 32.2. The molecule has 0 unspecified atom stereocenters. The summed E-state index contributed by atoms with van der Waals surface area (Å²) in [5, 5.41) is 11.9. The van der Waals surface area contributed by atoms with Gasteiger partial charge in [0.15, 0.2) is 0 Å². The summed E-state index contributed by atoms with van der Waals surface area (Å²) in [6.45, 7) is 10.1. The van der Waals surface area contributed by atoms with Crippen molar-refractivity contribution in [2.45, 2.75) is 70.6 Å². The maximum atomic E-state index is 13.2. The van der Waals surface area contributed by atoms with E-state index in [2.05, 4.69) is 26.2 Å². The van der Waals surface area contributed by atoms with E-state index < -0.39 is 17.7 Å². The van der Waals surface area contributed by atoms with Gasteiger partial charge in [0.05, 0.1) is 11.4 Å². The minimum Gasteiger partial charge on any atom is -0.444 e. The number of nitriles is 1. The molecule has 2 saturated heterocycles. The smallest absolute Gasteiger partial charge is 0.408 e. The Morgan fingerprint density at radius 2 is 1.89 bits per heavy atom. The van der Waals surface area contributed by atoms with Gasteiger partial charge in [0.2, 0.25) is 5.91 Å². The van der Waals surface area contributed by atoms with Crippen LogP contribution in [0.1, 0.15) is 58.4 Å². The average molecular weight is 529 g/mol. The zero-order valence-corrected chi connectivity index (χ0v) is 23.1. The van der Waals surface area contributed by atoms with Gasteiger partial charge in [0.1, 0.15) is 23.5 Å². The van der Waals surface area contributed by atoms with Crippen LogP contribution < -0.4 is 10.2 Å². The molecule has 0 spiro atoms. The molecule has 4 rings (SSSR count). The monoisotopic (exact) mass is 528 g/mol. The van der Waals surface area contributed by atoms with Crippen molar-refractivity contribution in [1.82, 2.24) is 20.1 Å². The second-order valence-corrected chi connectivity index (χ2v) is 12.4. The number of aromatic nitrogens is 1. The predicted molar refractivity (Wildman–Crippen MR) is 145 cm³/mol. The molecule has 3 fully saturated rings. The molecule has 10 heteroatoms. The van der Waals surface area contributed by atoms with E-state index in [-0.39, 0.29) is 5.91 Å². The summed E-state index contributed by atoms with van der Waals surface area (Å²) in [5.41, 5.74) is -0.0111. The Balaban J connectivity index is 1.26. The first-order chi connectivity index (χ1) is 17.7. The number of rotatable bonds is 6. The number of nitrogens with one attached hydrogen (secondary N) is 1. The Hall–Kier alpha value is -2.51. The molecule has 1 saturated carbocycles. The van der Waals surface area contributed by atoms with Crippen molar-refractivity contribution in [3.8, 4) is 6.07 Å². The van der Waals surface area contributed by atoms with Gasteiger partial charge in [0, 0.05) is 50.7 Å². The zero-order valence-electron chi connectivity index (χ0n) is 22.3. The number of carbonyl (C=O) groups excluding carboxylic acids is 2. The van der Waals surface area contributed by atoms with Crippen LogP contribution in [0.2, 0.25) is 0 Å². The topological polar surface area (TPSA) is 102 Å². The molecule has 3 heterocycles. The minimum atomic E-state index is -0.598. The van der Waals surface area contributed by atoms with Crippen molar-refractivity contribution in [2.75, 3.05) is 49.3 Å². The molecule has 3 aliphatic rings. The van der Waals surface area contributed by atoms with Crippen LogP contribution >= 0.6 is 11.8 Å². The third-order valence-corrected chi connectivity index (χ3v) is 8.44. The molecule has 37 heavy (non-hydrogen) atoms. The molecule has 0 bridgehead atoms. The summed E-state index contributed by atoms with van der Waals surface area (Å²) >= 11 is 1.75. The molecule has 1 aromatic rings. The number of thioether (sulfide) groups is 1. The van der Waals surface area contributed by atoms with Gasteiger partial charge in [-0.15, -0.1) is 11.8 Å². The Bertz CT molecular complexity index is 954. The van der Waals surface area contributed by atoms with Crippen LogP contribution in [0.4, 0.5) is 10.6 Å². The summed E-state index contributed by atoms with van der Waals surface area (Å²) in [7, 11) is 0. The number of amides is 2. The van der Waals surface area contributed by atoms with Gasteiger partial charge in [-0.05, 0) is 70.9 Å². The lowest BCUT2D eigenvalue weighted by Crippen LogP contribution is -2.52. The molecular formula is C27H40N6O3S.